The number of carbonyl (C=O) groups is 1. The molecule has 2 atom stereocenters. The Morgan fingerprint density at radius 2 is 1.95 bits per heavy atom. The van der Waals surface area contributed by atoms with Crippen LogP contribution in [0.2, 0.25) is 0 Å². The number of halogens is 4. The highest BCUT2D eigenvalue weighted by molar-refractivity contribution is 9.10. The molecule has 8 heteroatoms. The quantitative estimate of drug-likeness (QED) is 0.825. The summed E-state index contributed by atoms with van der Waals surface area (Å²) in [5.74, 6) is -1.14. The van der Waals surface area contributed by atoms with Crippen molar-refractivity contribution < 1.29 is 32.9 Å². The van der Waals surface area contributed by atoms with Crippen molar-refractivity contribution in [2.75, 3.05) is 7.11 Å². The number of hydrogen-bond donors (Lipinski definition) is 2. The minimum atomic E-state index is -4.62. The number of alkyl halides is 3. The fourth-order valence-electron chi connectivity index (χ4n) is 1.38. The molecular weight excluding hydrogens is 333 g/mol. The molecule has 0 heterocycles. The Bertz CT molecular complexity index is 475. The predicted molar refractivity (Wildman–Crippen MR) is 62.1 cm³/mol. The molecule has 1 rings (SSSR count). The van der Waals surface area contributed by atoms with E-state index < -0.39 is 29.9 Å². The van der Waals surface area contributed by atoms with Crippen molar-refractivity contribution in [1.82, 2.24) is 0 Å². The third-order valence-electron chi connectivity index (χ3n) is 2.38. The van der Waals surface area contributed by atoms with E-state index in [1.165, 1.54) is 0 Å². The van der Waals surface area contributed by atoms with Crippen LogP contribution in [0, 0.1) is 0 Å². The first-order chi connectivity index (χ1) is 8.68. The molecule has 0 amide bonds. The van der Waals surface area contributed by atoms with Crippen LogP contribution < -0.4 is 0 Å². The minimum Gasteiger partial charge on any atom is -0.467 e. The summed E-state index contributed by atoms with van der Waals surface area (Å²) in [5.41, 5.74) is -1.26. The molecular formula is C11H10BrF3O4. The molecule has 0 aromatic heterocycles. The summed E-state index contributed by atoms with van der Waals surface area (Å²) < 4.78 is 41.9. The molecule has 0 saturated carbocycles. The molecule has 0 spiro atoms. The first-order valence-corrected chi connectivity index (χ1v) is 5.78. The van der Waals surface area contributed by atoms with Gasteiger partial charge in [-0.3, -0.25) is 0 Å². The van der Waals surface area contributed by atoms with Gasteiger partial charge in [0.25, 0.3) is 0 Å². The monoisotopic (exact) mass is 342 g/mol. The summed E-state index contributed by atoms with van der Waals surface area (Å²) in [6.45, 7) is 0. The number of esters is 1. The van der Waals surface area contributed by atoms with Gasteiger partial charge in [0.2, 0.25) is 0 Å². The maximum Gasteiger partial charge on any atom is 0.417 e. The fraction of sp³-hybridized carbons (Fsp3) is 0.364. The summed E-state index contributed by atoms with van der Waals surface area (Å²) >= 11 is 2.74. The smallest absolute Gasteiger partial charge is 0.417 e. The molecule has 0 saturated heterocycles. The molecule has 106 valence electrons. The van der Waals surface area contributed by atoms with E-state index in [0.29, 0.717) is 6.07 Å². The minimum absolute atomic E-state index is 0.205. The number of methoxy groups -OCH3 is 1. The molecule has 0 aliphatic carbocycles. The standard InChI is InChI=1S/C11H10BrF3O4/c1-19-10(18)9(17)8(16)5-2-3-7(12)6(4-5)11(13,14)15/h2-4,8-9,16-17H,1H3. The van der Waals surface area contributed by atoms with Gasteiger partial charge in [0.05, 0.1) is 12.7 Å². The van der Waals surface area contributed by atoms with Gasteiger partial charge in [-0.05, 0) is 17.7 Å². The Hall–Kier alpha value is -1.12. The van der Waals surface area contributed by atoms with Gasteiger partial charge >= 0.3 is 12.1 Å². The molecule has 0 aliphatic heterocycles. The lowest BCUT2D eigenvalue weighted by atomic mass is 10.0. The highest BCUT2D eigenvalue weighted by atomic mass is 79.9. The van der Waals surface area contributed by atoms with Crippen molar-refractivity contribution >= 4 is 21.9 Å². The third kappa shape index (κ3) is 3.68. The topological polar surface area (TPSA) is 66.8 Å². The normalized spacial score (nSPS) is 14.9. The van der Waals surface area contributed by atoms with Crippen molar-refractivity contribution in [2.24, 2.45) is 0 Å². The van der Waals surface area contributed by atoms with E-state index in [0.717, 1.165) is 19.2 Å². The van der Waals surface area contributed by atoms with E-state index in [9.17, 15) is 28.2 Å². The molecule has 1 aromatic carbocycles. The SMILES string of the molecule is COC(=O)C(O)C(O)c1ccc(Br)c(C(F)(F)F)c1. The number of aliphatic hydroxyl groups is 2. The first-order valence-electron chi connectivity index (χ1n) is 4.99. The Kier molecular flexibility index (Phi) is 4.94. The molecule has 0 bridgehead atoms. The fourth-order valence-corrected chi connectivity index (χ4v) is 1.85. The van der Waals surface area contributed by atoms with Crippen LogP contribution in [0.1, 0.15) is 17.2 Å². The van der Waals surface area contributed by atoms with E-state index >= 15 is 0 Å². The molecule has 0 radical (unpaired) electrons. The van der Waals surface area contributed by atoms with Gasteiger partial charge in [-0.2, -0.15) is 13.2 Å². The van der Waals surface area contributed by atoms with E-state index in [1.807, 2.05) is 0 Å². The number of rotatable bonds is 3. The Morgan fingerprint density at radius 1 is 1.37 bits per heavy atom. The molecule has 19 heavy (non-hydrogen) atoms. The predicted octanol–water partition coefficient (Wildman–Crippen LogP) is 2.04. The van der Waals surface area contributed by atoms with Crippen LogP contribution >= 0.6 is 15.9 Å². The van der Waals surface area contributed by atoms with Crippen LogP contribution in [0.25, 0.3) is 0 Å². The van der Waals surface area contributed by atoms with Crippen LogP contribution in [0.3, 0.4) is 0 Å². The molecule has 4 nitrogen and oxygen atoms in total. The van der Waals surface area contributed by atoms with Crippen molar-refractivity contribution in [3.05, 3.63) is 33.8 Å². The van der Waals surface area contributed by atoms with Crippen molar-refractivity contribution in [2.45, 2.75) is 18.4 Å². The second-order valence-corrected chi connectivity index (χ2v) is 4.50. The van der Waals surface area contributed by atoms with Gasteiger partial charge in [0.15, 0.2) is 6.10 Å². The molecule has 1 aromatic rings. The third-order valence-corrected chi connectivity index (χ3v) is 3.07. The summed E-state index contributed by atoms with van der Waals surface area (Å²) in [6, 6.07) is 2.89. The van der Waals surface area contributed by atoms with Crippen LogP contribution in [0.4, 0.5) is 13.2 Å². The van der Waals surface area contributed by atoms with E-state index in [4.69, 9.17) is 0 Å². The lowest BCUT2D eigenvalue weighted by Gasteiger charge is -2.18. The number of ether oxygens (including phenoxy) is 1. The number of carbonyl (C=O) groups excluding carboxylic acids is 1. The largest absolute Gasteiger partial charge is 0.467 e. The number of benzene rings is 1. The number of aliphatic hydroxyl groups excluding tert-OH is 2. The zero-order valence-electron chi connectivity index (χ0n) is 9.61. The van der Waals surface area contributed by atoms with Gasteiger partial charge in [-0.25, -0.2) is 4.79 Å². The zero-order chi connectivity index (χ0) is 14.8. The first kappa shape index (κ1) is 15.9. The lowest BCUT2D eigenvalue weighted by Crippen LogP contribution is -2.29. The maximum absolute atomic E-state index is 12.7. The zero-order valence-corrected chi connectivity index (χ0v) is 11.2. The Morgan fingerprint density at radius 3 is 2.42 bits per heavy atom. The van der Waals surface area contributed by atoms with Gasteiger partial charge in [0.1, 0.15) is 6.10 Å². The number of hydrogen-bond acceptors (Lipinski definition) is 4. The average molecular weight is 343 g/mol. The molecule has 0 aliphatic rings. The molecule has 2 unspecified atom stereocenters. The van der Waals surface area contributed by atoms with E-state index in [2.05, 4.69) is 20.7 Å². The lowest BCUT2D eigenvalue weighted by molar-refractivity contribution is -0.156. The second kappa shape index (κ2) is 5.89. The molecule has 2 N–H and O–H groups in total. The summed E-state index contributed by atoms with van der Waals surface area (Å²) in [6.07, 6.45) is -8.38. The second-order valence-electron chi connectivity index (χ2n) is 3.65. The van der Waals surface area contributed by atoms with Gasteiger partial charge in [0, 0.05) is 4.47 Å². The van der Waals surface area contributed by atoms with E-state index in [-0.39, 0.29) is 10.0 Å². The summed E-state index contributed by atoms with van der Waals surface area (Å²) in [4.78, 5) is 11.0. The van der Waals surface area contributed by atoms with Gasteiger partial charge in [-0.1, -0.05) is 22.0 Å². The summed E-state index contributed by atoms with van der Waals surface area (Å²) in [5, 5.41) is 19.0. The van der Waals surface area contributed by atoms with Crippen molar-refractivity contribution in [1.29, 1.82) is 0 Å². The maximum atomic E-state index is 12.7. The average Bonchev–Trinajstić information content (AvgIpc) is 2.35. The highest BCUT2D eigenvalue weighted by Crippen LogP contribution is 2.36. The Labute approximate surface area is 114 Å². The Balaban J connectivity index is 3.12. The van der Waals surface area contributed by atoms with Crippen molar-refractivity contribution in [3.8, 4) is 0 Å². The van der Waals surface area contributed by atoms with Crippen LogP contribution in [-0.2, 0) is 15.7 Å². The van der Waals surface area contributed by atoms with Crippen LogP contribution in [0.5, 0.6) is 0 Å². The van der Waals surface area contributed by atoms with E-state index in [1.54, 1.807) is 0 Å². The summed E-state index contributed by atoms with van der Waals surface area (Å²) in [7, 11) is 0.987. The van der Waals surface area contributed by atoms with Crippen LogP contribution in [-0.4, -0.2) is 29.4 Å². The highest BCUT2D eigenvalue weighted by Gasteiger charge is 2.35. The van der Waals surface area contributed by atoms with Gasteiger partial charge in [-0.15, -0.1) is 0 Å². The van der Waals surface area contributed by atoms with Crippen molar-refractivity contribution in [3.63, 3.8) is 0 Å². The molecule has 0 fully saturated rings. The van der Waals surface area contributed by atoms with Crippen LogP contribution in [0.15, 0.2) is 22.7 Å². The van der Waals surface area contributed by atoms with Gasteiger partial charge < -0.3 is 14.9 Å².